The Hall–Kier alpha value is -11.6. The Kier molecular flexibility index (Phi) is 29.9. The molecule has 0 aromatic heterocycles. The predicted molar refractivity (Wildman–Crippen MR) is 584 cm³/mol. The topological polar surface area (TPSA) is 0 Å². The van der Waals surface area contributed by atoms with Crippen molar-refractivity contribution in [1.29, 1.82) is 0 Å². The van der Waals surface area contributed by atoms with Gasteiger partial charge in [0, 0.05) is 0 Å². The van der Waals surface area contributed by atoms with Crippen LogP contribution in [0, 0.1) is 14.4 Å². The Balaban J connectivity index is 0.000000149. The van der Waals surface area contributed by atoms with Crippen LogP contribution in [-0.2, 0) is 17.4 Å². The molecule has 0 nitrogen and oxygen atoms in total. The van der Waals surface area contributed by atoms with Crippen LogP contribution in [0.2, 0.25) is 58.9 Å². The Morgan fingerprint density at radius 3 is 0.185 bits per heavy atom. The minimum absolute atomic E-state index is 0. The average Bonchev–Trinajstić information content (AvgIpc) is 0.704. The van der Waals surface area contributed by atoms with Crippen LogP contribution < -0.4 is 93.4 Å². The van der Waals surface area contributed by atoms with E-state index in [1.165, 1.54) is 93.4 Å². The molecule has 18 aromatic carbocycles. The van der Waals surface area contributed by atoms with Crippen LogP contribution in [0.15, 0.2) is 546 Å². The summed E-state index contributed by atoms with van der Waals surface area (Å²) in [5, 5.41) is 26.6. The van der Waals surface area contributed by atoms with Gasteiger partial charge in [0.25, 0.3) is 0 Å². The molecule has 0 unspecified atom stereocenters. The summed E-state index contributed by atoms with van der Waals surface area (Å²) in [7, 11) is -23.3. The molecular formula is C120H117CrSi9. The van der Waals surface area contributed by atoms with Gasteiger partial charge in [-0.05, 0) is 72.7 Å². The molecule has 0 heterocycles. The van der Waals surface area contributed by atoms with Crippen molar-refractivity contribution in [1.82, 2.24) is 0 Å². The van der Waals surface area contributed by atoms with Crippen LogP contribution in [0.5, 0.6) is 0 Å². The van der Waals surface area contributed by atoms with Crippen LogP contribution in [0.4, 0.5) is 0 Å². The largest absolute Gasteiger partial charge is 3.00 e. The van der Waals surface area contributed by atoms with E-state index in [0.29, 0.717) is 0 Å². The molecule has 639 valence electrons. The maximum atomic E-state index is 2.65. The number of rotatable bonds is 27. The molecule has 0 amide bonds. The van der Waals surface area contributed by atoms with E-state index >= 15 is 0 Å². The molecule has 0 spiro atoms. The van der Waals surface area contributed by atoms with E-state index in [4.69, 9.17) is 0 Å². The zero-order valence-corrected chi connectivity index (χ0v) is 86.6. The standard InChI is InChI=1S/3C40H39Si3.Cr/c3*1-41(34-22-10-4-11-23-34,35-24-12-5-13-25-35)40(42(2,36-26-14-6-15-27-36)37-28-16-7-17-29-37)43(3,38-30-18-8-19-31-38)39-32-20-9-21-33-39;/h3*4-33H,1-3H3;/q3*-1;+3. The molecule has 0 saturated heterocycles. The van der Waals surface area contributed by atoms with Gasteiger partial charge >= 0.3 is 17.4 Å². The van der Waals surface area contributed by atoms with Crippen molar-refractivity contribution in [2.75, 3.05) is 0 Å². The van der Waals surface area contributed by atoms with E-state index in [1.54, 1.807) is 0 Å². The van der Waals surface area contributed by atoms with Gasteiger partial charge < -0.3 is 0 Å². The van der Waals surface area contributed by atoms with Gasteiger partial charge in [-0.2, -0.15) is 0 Å². The summed E-state index contributed by atoms with van der Waals surface area (Å²) >= 11 is 0. The molecule has 1 radical (unpaired) electrons. The molecule has 130 heavy (non-hydrogen) atoms. The minimum Gasteiger partial charge on any atom is -0.284 e. The van der Waals surface area contributed by atoms with Crippen molar-refractivity contribution in [3.05, 3.63) is 560 Å². The maximum Gasteiger partial charge on any atom is 3.00 e. The van der Waals surface area contributed by atoms with Crippen LogP contribution in [0.25, 0.3) is 0 Å². The Morgan fingerprint density at radius 2 is 0.138 bits per heavy atom. The van der Waals surface area contributed by atoms with Crippen molar-refractivity contribution < 1.29 is 17.4 Å². The average molecular weight is 1860 g/mol. The van der Waals surface area contributed by atoms with Gasteiger partial charge in [-0.25, -0.2) is 0 Å². The van der Waals surface area contributed by atoms with Crippen LogP contribution in [-0.4, -0.2) is 72.7 Å². The van der Waals surface area contributed by atoms with E-state index in [-0.39, 0.29) is 17.4 Å². The third kappa shape index (κ3) is 17.9. The van der Waals surface area contributed by atoms with Crippen molar-refractivity contribution >= 4 is 166 Å². The monoisotopic (exact) mass is 1860 g/mol. The predicted octanol–water partition coefficient (Wildman–Crippen LogP) is 17.6. The quantitative estimate of drug-likeness (QED) is 0.0356. The van der Waals surface area contributed by atoms with Crippen molar-refractivity contribution in [2.24, 2.45) is 0 Å². The van der Waals surface area contributed by atoms with Gasteiger partial charge in [0.15, 0.2) is 0 Å². The van der Waals surface area contributed by atoms with Gasteiger partial charge in [0.05, 0.1) is 0 Å². The van der Waals surface area contributed by atoms with Crippen molar-refractivity contribution in [3.8, 4) is 0 Å². The molecule has 0 bridgehead atoms. The summed E-state index contributed by atoms with van der Waals surface area (Å²) < 4.78 is 0. The molecule has 10 heteroatoms. The molecule has 0 saturated carbocycles. The summed E-state index contributed by atoms with van der Waals surface area (Å²) in [6.45, 7) is 23.9. The second-order valence-corrected chi connectivity index (χ2v) is 75.5. The molecule has 0 aliphatic carbocycles. The summed E-state index contributed by atoms with van der Waals surface area (Å²) in [4.78, 5) is 5.46. The second-order valence-electron chi connectivity index (χ2n) is 35.8. The van der Waals surface area contributed by atoms with Crippen LogP contribution >= 0.6 is 0 Å². The first kappa shape index (κ1) is 93.1. The molecule has 18 rings (SSSR count). The number of hydrogen-bond acceptors (Lipinski definition) is 0. The van der Waals surface area contributed by atoms with Gasteiger partial charge in [0.2, 0.25) is 0 Å². The van der Waals surface area contributed by atoms with Crippen LogP contribution in [0.1, 0.15) is 0 Å². The summed E-state index contributed by atoms with van der Waals surface area (Å²) in [6.07, 6.45) is 0. The van der Waals surface area contributed by atoms with E-state index in [2.05, 4.69) is 605 Å². The zero-order chi connectivity index (χ0) is 89.3. The number of hydrogen-bond donors (Lipinski definition) is 0. The fraction of sp³-hybridized carbons (Fsp3) is 0.0750. The first-order valence-electron chi connectivity index (χ1n) is 45.6. The number of benzene rings is 18. The molecule has 0 fully saturated rings. The van der Waals surface area contributed by atoms with Gasteiger partial charge in [-0.3, -0.25) is 14.4 Å². The van der Waals surface area contributed by atoms with Crippen LogP contribution in [0.3, 0.4) is 0 Å². The third-order valence-electron chi connectivity index (χ3n) is 28.8. The summed E-state index contributed by atoms with van der Waals surface area (Å²) in [6, 6.07) is 207. The van der Waals surface area contributed by atoms with E-state index in [9.17, 15) is 0 Å². The SMILES string of the molecule is C[Si](c1ccccc1)(c1ccccc1)[C-]([Si](C)(c1ccccc1)c1ccccc1)[Si](C)(c1ccccc1)c1ccccc1.C[Si](c1ccccc1)(c1ccccc1)[C-]([Si](C)(c1ccccc1)c1ccccc1)[Si](C)(c1ccccc1)c1ccccc1.C[Si](c1ccccc1)(c1ccccc1)[C-]([Si](C)(c1ccccc1)c1ccccc1)[Si](C)(c1ccccc1)c1ccccc1.[Cr+3]. The molecule has 0 aliphatic rings. The van der Waals surface area contributed by atoms with Gasteiger partial charge in [-0.15, -0.1) is 0 Å². The second kappa shape index (κ2) is 41.7. The summed E-state index contributed by atoms with van der Waals surface area (Å²) in [5.74, 6) is 0. The minimum atomic E-state index is -2.59. The van der Waals surface area contributed by atoms with Crippen molar-refractivity contribution in [3.63, 3.8) is 0 Å². The molecule has 0 N–H and O–H groups in total. The first-order chi connectivity index (χ1) is 63.0. The van der Waals surface area contributed by atoms with Gasteiger partial charge in [0.1, 0.15) is 0 Å². The Labute approximate surface area is 795 Å². The van der Waals surface area contributed by atoms with E-state index < -0.39 is 72.7 Å². The third-order valence-corrected chi connectivity index (χ3v) is 91.6. The fourth-order valence-electron chi connectivity index (χ4n) is 22.5. The fourth-order valence-corrected chi connectivity index (χ4v) is 97.7. The van der Waals surface area contributed by atoms with E-state index in [1.807, 2.05) is 14.4 Å². The normalized spacial score (nSPS) is 12.2. The first-order valence-corrected chi connectivity index (χ1v) is 68.1. The molecule has 0 atom stereocenters. The smallest absolute Gasteiger partial charge is 0.284 e. The maximum absolute atomic E-state index is 2.65. The molecule has 18 aromatic rings. The zero-order valence-electron chi connectivity index (χ0n) is 76.4. The van der Waals surface area contributed by atoms with E-state index in [0.717, 1.165) is 0 Å². The Bertz CT molecular complexity index is 4820. The molecular weight excluding hydrogens is 1750 g/mol. The van der Waals surface area contributed by atoms with Crippen molar-refractivity contribution in [2.45, 2.75) is 58.9 Å². The molecule has 0 aliphatic heterocycles. The summed E-state index contributed by atoms with van der Waals surface area (Å²) in [5.41, 5.74) is 0. The Morgan fingerprint density at radius 1 is 0.0923 bits per heavy atom. The van der Waals surface area contributed by atoms with Gasteiger partial charge in [-0.1, -0.05) is 698 Å².